The average molecular weight is 152 g/mol. The van der Waals surface area contributed by atoms with Gasteiger partial charge in [0, 0.05) is 5.70 Å². The first-order valence-electron chi connectivity index (χ1n) is 3.37. The van der Waals surface area contributed by atoms with Crippen LogP contribution in [0.25, 0.3) is 0 Å². The third-order valence-corrected chi connectivity index (χ3v) is 1.62. The molecular weight excluding hydrogens is 144 g/mol. The lowest BCUT2D eigenvalue weighted by Gasteiger charge is -2.02. The van der Waals surface area contributed by atoms with Crippen molar-refractivity contribution in [2.24, 2.45) is 0 Å². The first-order valence-corrected chi connectivity index (χ1v) is 3.37. The Labute approximate surface area is 63.9 Å². The first kappa shape index (κ1) is 6.42. The third kappa shape index (κ3) is 1.12. The Morgan fingerprint density at radius 2 is 2.55 bits per heavy atom. The van der Waals surface area contributed by atoms with Gasteiger partial charge in [-0.3, -0.25) is 0 Å². The Morgan fingerprint density at radius 1 is 1.73 bits per heavy atom. The van der Waals surface area contributed by atoms with Crippen molar-refractivity contribution in [3.8, 4) is 0 Å². The zero-order chi connectivity index (χ0) is 7.84. The van der Waals surface area contributed by atoms with Crippen molar-refractivity contribution >= 4 is 6.03 Å². The predicted molar refractivity (Wildman–Crippen MR) is 38.6 cm³/mol. The van der Waals surface area contributed by atoms with Crippen LogP contribution >= 0.6 is 0 Å². The number of hydrogen-bond acceptors (Lipinski definition) is 2. The van der Waals surface area contributed by atoms with Crippen molar-refractivity contribution < 1.29 is 9.53 Å². The minimum absolute atomic E-state index is 0.0296. The summed E-state index contributed by atoms with van der Waals surface area (Å²) in [6, 6.07) is -0.235. The standard InChI is InChI=1S/C7H8N2O2/c1-2-4-3-5-6(11-5)9-7(10)8-4/h2-3,5-6H,1H2,(H2,8,9,10). The van der Waals surface area contributed by atoms with E-state index in [1.807, 2.05) is 6.08 Å². The van der Waals surface area contributed by atoms with E-state index in [9.17, 15) is 4.79 Å². The number of carbonyl (C=O) groups is 1. The number of hydrogen-bond donors (Lipinski definition) is 2. The second-order valence-electron chi connectivity index (χ2n) is 2.45. The van der Waals surface area contributed by atoms with Crippen LogP contribution in [-0.4, -0.2) is 18.4 Å². The van der Waals surface area contributed by atoms with Crippen molar-refractivity contribution in [2.45, 2.75) is 12.3 Å². The maximum atomic E-state index is 10.9. The smallest absolute Gasteiger partial charge is 0.321 e. The van der Waals surface area contributed by atoms with Crippen molar-refractivity contribution in [1.82, 2.24) is 10.6 Å². The van der Waals surface area contributed by atoms with E-state index in [1.165, 1.54) is 0 Å². The summed E-state index contributed by atoms with van der Waals surface area (Å²) in [6.07, 6.45) is 3.31. The van der Waals surface area contributed by atoms with Gasteiger partial charge in [0.1, 0.15) is 6.10 Å². The molecule has 0 aromatic carbocycles. The molecule has 0 bridgehead atoms. The lowest BCUT2D eigenvalue weighted by Crippen LogP contribution is -2.35. The zero-order valence-electron chi connectivity index (χ0n) is 5.83. The SMILES string of the molecule is C=CC1=CC2OC2NC(=O)N1. The fraction of sp³-hybridized carbons (Fsp3) is 0.286. The molecule has 11 heavy (non-hydrogen) atoms. The molecule has 2 atom stereocenters. The number of carbonyl (C=O) groups excluding carboxylic acids is 1. The number of rotatable bonds is 1. The summed E-state index contributed by atoms with van der Waals surface area (Å²) in [5.74, 6) is 0. The number of amides is 2. The number of fused-ring (bicyclic) bond motifs is 1. The van der Waals surface area contributed by atoms with E-state index in [-0.39, 0.29) is 18.4 Å². The number of urea groups is 1. The van der Waals surface area contributed by atoms with Gasteiger partial charge in [0.05, 0.1) is 0 Å². The molecule has 0 aliphatic carbocycles. The normalized spacial score (nSPS) is 33.8. The highest BCUT2D eigenvalue weighted by Crippen LogP contribution is 2.23. The van der Waals surface area contributed by atoms with E-state index in [4.69, 9.17) is 4.74 Å². The molecule has 1 fully saturated rings. The van der Waals surface area contributed by atoms with Gasteiger partial charge in [0.25, 0.3) is 0 Å². The Hall–Kier alpha value is -1.29. The molecule has 4 heteroatoms. The van der Waals surface area contributed by atoms with Gasteiger partial charge in [0.2, 0.25) is 0 Å². The van der Waals surface area contributed by atoms with Crippen LogP contribution in [0.2, 0.25) is 0 Å². The van der Waals surface area contributed by atoms with Gasteiger partial charge in [-0.15, -0.1) is 0 Å². The maximum Gasteiger partial charge on any atom is 0.321 e. The van der Waals surface area contributed by atoms with Crippen LogP contribution in [-0.2, 0) is 4.74 Å². The Kier molecular flexibility index (Phi) is 1.22. The third-order valence-electron chi connectivity index (χ3n) is 1.62. The molecule has 2 unspecified atom stereocenters. The molecule has 0 spiro atoms. The molecular formula is C7H8N2O2. The van der Waals surface area contributed by atoms with E-state index in [0.29, 0.717) is 5.70 Å². The first-order chi connectivity index (χ1) is 5.29. The Bertz CT molecular complexity index is 247. The fourth-order valence-corrected chi connectivity index (χ4v) is 1.00. The highest BCUT2D eigenvalue weighted by molar-refractivity contribution is 5.77. The molecule has 0 radical (unpaired) electrons. The summed E-state index contributed by atoms with van der Waals surface area (Å²) in [6.45, 7) is 3.55. The molecule has 2 amide bonds. The van der Waals surface area contributed by atoms with Gasteiger partial charge in [0.15, 0.2) is 6.23 Å². The van der Waals surface area contributed by atoms with Gasteiger partial charge < -0.3 is 15.4 Å². The van der Waals surface area contributed by atoms with Crippen LogP contribution in [0, 0.1) is 0 Å². The molecule has 0 aromatic heterocycles. The van der Waals surface area contributed by atoms with Crippen LogP contribution in [0.1, 0.15) is 0 Å². The van der Waals surface area contributed by atoms with Crippen LogP contribution in [0.5, 0.6) is 0 Å². The van der Waals surface area contributed by atoms with Crippen LogP contribution < -0.4 is 10.6 Å². The summed E-state index contributed by atoms with van der Waals surface area (Å²) in [7, 11) is 0. The van der Waals surface area contributed by atoms with Gasteiger partial charge in [-0.2, -0.15) is 0 Å². The van der Waals surface area contributed by atoms with E-state index in [1.54, 1.807) is 6.08 Å². The summed E-state index contributed by atoms with van der Waals surface area (Å²) in [5.41, 5.74) is 0.701. The lowest BCUT2D eigenvalue weighted by atomic mass is 10.3. The maximum absolute atomic E-state index is 10.9. The van der Waals surface area contributed by atoms with Gasteiger partial charge in [-0.1, -0.05) is 6.58 Å². The summed E-state index contributed by atoms with van der Waals surface area (Å²) >= 11 is 0. The molecule has 2 heterocycles. The Morgan fingerprint density at radius 3 is 3.27 bits per heavy atom. The molecule has 0 saturated carbocycles. The van der Waals surface area contributed by atoms with Crippen LogP contribution in [0.15, 0.2) is 24.4 Å². The monoisotopic (exact) mass is 152 g/mol. The lowest BCUT2D eigenvalue weighted by molar-refractivity contribution is 0.236. The number of epoxide rings is 1. The summed E-state index contributed by atoms with van der Waals surface area (Å²) < 4.78 is 5.06. The van der Waals surface area contributed by atoms with Crippen molar-refractivity contribution in [3.05, 3.63) is 24.4 Å². The minimum atomic E-state index is -0.235. The molecule has 2 N–H and O–H groups in total. The topological polar surface area (TPSA) is 53.7 Å². The molecule has 1 saturated heterocycles. The zero-order valence-corrected chi connectivity index (χ0v) is 5.83. The second-order valence-corrected chi connectivity index (χ2v) is 2.45. The Balaban J connectivity index is 2.19. The summed E-state index contributed by atoms with van der Waals surface area (Å²) in [5, 5.41) is 5.21. The van der Waals surface area contributed by atoms with E-state index in [2.05, 4.69) is 17.2 Å². The number of nitrogens with one attached hydrogen (secondary N) is 2. The fourth-order valence-electron chi connectivity index (χ4n) is 1.00. The van der Waals surface area contributed by atoms with Gasteiger partial charge in [-0.05, 0) is 12.2 Å². The van der Waals surface area contributed by atoms with E-state index >= 15 is 0 Å². The second kappa shape index (κ2) is 2.10. The van der Waals surface area contributed by atoms with Crippen LogP contribution in [0.3, 0.4) is 0 Å². The molecule has 0 aromatic rings. The van der Waals surface area contributed by atoms with E-state index in [0.717, 1.165) is 0 Å². The van der Waals surface area contributed by atoms with Crippen molar-refractivity contribution in [1.29, 1.82) is 0 Å². The summed E-state index contributed by atoms with van der Waals surface area (Å²) in [4.78, 5) is 10.9. The van der Waals surface area contributed by atoms with Gasteiger partial charge in [-0.25, -0.2) is 4.79 Å². The van der Waals surface area contributed by atoms with Crippen molar-refractivity contribution in [2.75, 3.05) is 0 Å². The largest absolute Gasteiger partial charge is 0.343 e. The van der Waals surface area contributed by atoms with E-state index < -0.39 is 0 Å². The predicted octanol–water partition coefficient (Wildman–Crippen LogP) is 0.0940. The quantitative estimate of drug-likeness (QED) is 0.523. The minimum Gasteiger partial charge on any atom is -0.343 e. The van der Waals surface area contributed by atoms with Gasteiger partial charge >= 0.3 is 6.03 Å². The highest BCUT2D eigenvalue weighted by atomic mass is 16.6. The molecule has 2 rings (SSSR count). The molecule has 2 aliphatic rings. The molecule has 4 nitrogen and oxygen atoms in total. The van der Waals surface area contributed by atoms with Crippen LogP contribution in [0.4, 0.5) is 4.79 Å². The highest BCUT2D eigenvalue weighted by Gasteiger charge is 2.40. The average Bonchev–Trinajstić information content (AvgIpc) is 2.64. The number of ether oxygens (including phenoxy) is 1. The molecule has 2 aliphatic heterocycles. The number of allylic oxidation sites excluding steroid dienone is 1. The van der Waals surface area contributed by atoms with Crippen molar-refractivity contribution in [3.63, 3.8) is 0 Å². The molecule has 58 valence electrons.